The number of aryl methyl sites for hydroxylation is 3. The first-order chi connectivity index (χ1) is 8.56. The number of halogens is 1. The van der Waals surface area contributed by atoms with Crippen LogP contribution in [0.15, 0.2) is 36.4 Å². The second kappa shape index (κ2) is 5.45. The summed E-state index contributed by atoms with van der Waals surface area (Å²) in [6, 6.07) is 12.6. The molecule has 0 radical (unpaired) electrons. The maximum atomic E-state index is 6.22. The van der Waals surface area contributed by atoms with Gasteiger partial charge in [-0.25, -0.2) is 0 Å². The van der Waals surface area contributed by atoms with Crippen molar-refractivity contribution < 1.29 is 0 Å². The van der Waals surface area contributed by atoms with E-state index in [1.165, 1.54) is 16.7 Å². The van der Waals surface area contributed by atoms with E-state index in [0.29, 0.717) is 0 Å². The molecule has 0 atom stereocenters. The van der Waals surface area contributed by atoms with E-state index >= 15 is 0 Å². The summed E-state index contributed by atoms with van der Waals surface area (Å²) in [6.07, 6.45) is 0. The van der Waals surface area contributed by atoms with Gasteiger partial charge in [0, 0.05) is 17.3 Å². The van der Waals surface area contributed by atoms with Gasteiger partial charge in [0.2, 0.25) is 0 Å². The lowest BCUT2D eigenvalue weighted by atomic mass is 10.1. The molecule has 0 fully saturated rings. The van der Waals surface area contributed by atoms with Crippen molar-refractivity contribution in [3.8, 4) is 0 Å². The third kappa shape index (κ3) is 3.05. The van der Waals surface area contributed by atoms with Gasteiger partial charge in [-0.15, -0.1) is 0 Å². The number of anilines is 1. The van der Waals surface area contributed by atoms with Crippen LogP contribution >= 0.6 is 11.6 Å². The van der Waals surface area contributed by atoms with Crippen LogP contribution in [0.2, 0.25) is 5.02 Å². The quantitative estimate of drug-likeness (QED) is 0.829. The lowest BCUT2D eigenvalue weighted by Gasteiger charge is -2.11. The smallest absolute Gasteiger partial charge is 0.0458 e. The summed E-state index contributed by atoms with van der Waals surface area (Å²) in [5.41, 5.74) is 6.03. The maximum Gasteiger partial charge on any atom is 0.0458 e. The zero-order valence-corrected chi connectivity index (χ0v) is 11.8. The van der Waals surface area contributed by atoms with Crippen LogP contribution in [0.1, 0.15) is 22.3 Å². The molecule has 0 amide bonds. The van der Waals surface area contributed by atoms with E-state index in [9.17, 15) is 0 Å². The summed E-state index contributed by atoms with van der Waals surface area (Å²) in [4.78, 5) is 0. The Morgan fingerprint density at radius 3 is 2.28 bits per heavy atom. The van der Waals surface area contributed by atoms with Gasteiger partial charge in [0.25, 0.3) is 0 Å². The first kappa shape index (κ1) is 13.0. The lowest BCUT2D eigenvalue weighted by Crippen LogP contribution is -2.02. The molecule has 0 saturated heterocycles. The first-order valence-corrected chi connectivity index (χ1v) is 6.50. The molecule has 0 saturated carbocycles. The number of hydrogen-bond donors (Lipinski definition) is 1. The molecular weight excluding hydrogens is 242 g/mol. The average molecular weight is 260 g/mol. The van der Waals surface area contributed by atoms with Gasteiger partial charge < -0.3 is 5.32 Å². The molecule has 94 valence electrons. The van der Waals surface area contributed by atoms with E-state index in [1.807, 2.05) is 13.0 Å². The molecule has 0 aliphatic heterocycles. The van der Waals surface area contributed by atoms with Crippen molar-refractivity contribution in [1.29, 1.82) is 0 Å². The Kier molecular flexibility index (Phi) is 3.93. The van der Waals surface area contributed by atoms with E-state index in [-0.39, 0.29) is 0 Å². The molecule has 0 bridgehead atoms. The van der Waals surface area contributed by atoms with Crippen LogP contribution in [0.3, 0.4) is 0 Å². The molecule has 2 aromatic carbocycles. The van der Waals surface area contributed by atoms with E-state index < -0.39 is 0 Å². The number of nitrogens with one attached hydrogen (secondary N) is 1. The normalized spacial score (nSPS) is 10.4. The summed E-state index contributed by atoms with van der Waals surface area (Å²) < 4.78 is 0. The van der Waals surface area contributed by atoms with Crippen LogP contribution in [0.4, 0.5) is 5.69 Å². The fraction of sp³-hybridized carbons (Fsp3) is 0.250. The predicted molar refractivity (Wildman–Crippen MR) is 79.4 cm³/mol. The van der Waals surface area contributed by atoms with Crippen molar-refractivity contribution >= 4 is 17.3 Å². The van der Waals surface area contributed by atoms with E-state index in [0.717, 1.165) is 22.8 Å². The zero-order valence-electron chi connectivity index (χ0n) is 11.0. The molecule has 0 heterocycles. The summed E-state index contributed by atoms with van der Waals surface area (Å²) in [6.45, 7) is 7.02. The van der Waals surface area contributed by atoms with Gasteiger partial charge in [-0.05, 0) is 49.6 Å². The summed E-state index contributed by atoms with van der Waals surface area (Å²) in [5.74, 6) is 0. The molecule has 2 heteroatoms. The monoisotopic (exact) mass is 259 g/mol. The highest BCUT2D eigenvalue weighted by Gasteiger charge is 2.02. The van der Waals surface area contributed by atoms with Crippen LogP contribution < -0.4 is 5.32 Å². The molecule has 1 nitrogen and oxygen atoms in total. The molecular formula is C16H18ClN. The Morgan fingerprint density at radius 1 is 0.944 bits per heavy atom. The van der Waals surface area contributed by atoms with E-state index in [2.05, 4.69) is 49.5 Å². The van der Waals surface area contributed by atoms with Gasteiger partial charge in [-0.3, -0.25) is 0 Å². The van der Waals surface area contributed by atoms with Crippen molar-refractivity contribution in [3.63, 3.8) is 0 Å². The maximum absolute atomic E-state index is 6.22. The third-order valence-electron chi connectivity index (χ3n) is 3.06. The number of rotatable bonds is 3. The standard InChI is InChI=1S/C16H18ClN/c1-11-5-7-16(13(3)8-11)18-10-14-6-4-12(2)9-15(14)17/h4-9,18H,10H2,1-3H3. The van der Waals surface area contributed by atoms with Crippen LogP contribution in [0.25, 0.3) is 0 Å². The van der Waals surface area contributed by atoms with Gasteiger partial charge in [-0.1, -0.05) is 41.4 Å². The third-order valence-corrected chi connectivity index (χ3v) is 3.41. The topological polar surface area (TPSA) is 12.0 Å². The Balaban J connectivity index is 2.11. The Bertz CT molecular complexity index is 510. The highest BCUT2D eigenvalue weighted by Crippen LogP contribution is 2.21. The molecule has 0 spiro atoms. The Labute approximate surface area is 114 Å². The van der Waals surface area contributed by atoms with Gasteiger partial charge in [0.1, 0.15) is 0 Å². The molecule has 0 aromatic heterocycles. The van der Waals surface area contributed by atoms with E-state index in [1.54, 1.807) is 0 Å². The number of hydrogen-bond acceptors (Lipinski definition) is 1. The molecule has 0 aliphatic rings. The van der Waals surface area contributed by atoms with Crippen LogP contribution in [0.5, 0.6) is 0 Å². The molecule has 0 unspecified atom stereocenters. The largest absolute Gasteiger partial charge is 0.381 e. The Morgan fingerprint density at radius 2 is 1.61 bits per heavy atom. The number of benzene rings is 2. The zero-order chi connectivity index (χ0) is 13.1. The highest BCUT2D eigenvalue weighted by molar-refractivity contribution is 6.31. The van der Waals surface area contributed by atoms with Crippen LogP contribution in [0, 0.1) is 20.8 Å². The Hall–Kier alpha value is -1.47. The van der Waals surface area contributed by atoms with E-state index in [4.69, 9.17) is 11.6 Å². The highest BCUT2D eigenvalue weighted by atomic mass is 35.5. The molecule has 18 heavy (non-hydrogen) atoms. The van der Waals surface area contributed by atoms with Gasteiger partial charge in [-0.2, -0.15) is 0 Å². The van der Waals surface area contributed by atoms with Gasteiger partial charge in [0.05, 0.1) is 0 Å². The first-order valence-electron chi connectivity index (χ1n) is 6.12. The predicted octanol–water partition coefficient (Wildman–Crippen LogP) is 4.88. The van der Waals surface area contributed by atoms with Crippen LogP contribution in [-0.4, -0.2) is 0 Å². The van der Waals surface area contributed by atoms with Crippen molar-refractivity contribution in [2.75, 3.05) is 5.32 Å². The van der Waals surface area contributed by atoms with Crippen molar-refractivity contribution in [1.82, 2.24) is 0 Å². The summed E-state index contributed by atoms with van der Waals surface area (Å²) in [5, 5.41) is 4.26. The molecule has 2 rings (SSSR count). The summed E-state index contributed by atoms with van der Waals surface area (Å²) >= 11 is 6.22. The lowest BCUT2D eigenvalue weighted by molar-refractivity contribution is 1.13. The molecule has 2 aromatic rings. The fourth-order valence-corrected chi connectivity index (χ4v) is 2.30. The molecule has 1 N–H and O–H groups in total. The minimum atomic E-state index is 0.753. The van der Waals surface area contributed by atoms with Crippen molar-refractivity contribution in [2.45, 2.75) is 27.3 Å². The van der Waals surface area contributed by atoms with Crippen molar-refractivity contribution in [2.24, 2.45) is 0 Å². The fourth-order valence-electron chi connectivity index (χ4n) is 2.00. The SMILES string of the molecule is Cc1ccc(NCc2ccc(C)cc2Cl)c(C)c1. The minimum Gasteiger partial charge on any atom is -0.381 e. The second-order valence-electron chi connectivity index (χ2n) is 4.77. The van der Waals surface area contributed by atoms with Gasteiger partial charge >= 0.3 is 0 Å². The second-order valence-corrected chi connectivity index (χ2v) is 5.17. The minimum absolute atomic E-state index is 0.753. The van der Waals surface area contributed by atoms with Crippen LogP contribution in [-0.2, 0) is 6.54 Å². The molecule has 0 aliphatic carbocycles. The average Bonchev–Trinajstić information content (AvgIpc) is 2.30. The van der Waals surface area contributed by atoms with Gasteiger partial charge in [0.15, 0.2) is 0 Å². The van der Waals surface area contributed by atoms with Crippen molar-refractivity contribution in [3.05, 3.63) is 63.7 Å². The summed E-state index contributed by atoms with van der Waals surface area (Å²) in [7, 11) is 0.